The summed E-state index contributed by atoms with van der Waals surface area (Å²) in [6.45, 7) is 3.69. The maximum Gasteiger partial charge on any atom is 0.230 e. The molecule has 2 heterocycles. The Balaban J connectivity index is 1.86. The predicted molar refractivity (Wildman–Crippen MR) is 78.7 cm³/mol. The van der Waals surface area contributed by atoms with E-state index in [4.69, 9.17) is 0 Å². The molecule has 0 radical (unpaired) electrons. The van der Waals surface area contributed by atoms with Crippen molar-refractivity contribution in [2.75, 3.05) is 5.32 Å². The van der Waals surface area contributed by atoms with Crippen LogP contribution in [0, 0.1) is 19.7 Å². The zero-order chi connectivity index (χ0) is 15.0. The fourth-order valence-electron chi connectivity index (χ4n) is 2.43. The molecule has 3 N–H and O–H groups in total. The Morgan fingerprint density at radius 2 is 2.19 bits per heavy atom. The highest BCUT2D eigenvalue weighted by atomic mass is 19.1. The number of nitrogens with zero attached hydrogens (tertiary/aromatic N) is 1. The number of H-pyrrole nitrogens is 2. The highest BCUT2D eigenvalue weighted by Gasteiger charge is 2.15. The lowest BCUT2D eigenvalue weighted by molar-refractivity contribution is -0.115. The summed E-state index contributed by atoms with van der Waals surface area (Å²) < 4.78 is 13.7. The average molecular weight is 286 g/mol. The molecule has 0 unspecified atom stereocenters. The van der Waals surface area contributed by atoms with Gasteiger partial charge < -0.3 is 10.3 Å². The van der Waals surface area contributed by atoms with Crippen LogP contribution in [0.4, 0.5) is 10.2 Å². The van der Waals surface area contributed by atoms with Crippen molar-refractivity contribution in [2.45, 2.75) is 20.3 Å². The molecule has 0 aliphatic heterocycles. The first kappa shape index (κ1) is 13.4. The number of nitrogens with one attached hydrogen (secondary N) is 3. The molecule has 2 aromatic heterocycles. The highest BCUT2D eigenvalue weighted by Crippen LogP contribution is 2.24. The minimum absolute atomic E-state index is 0.168. The van der Waals surface area contributed by atoms with E-state index in [-0.39, 0.29) is 18.1 Å². The molecule has 3 aromatic rings. The molecule has 108 valence electrons. The smallest absolute Gasteiger partial charge is 0.230 e. The van der Waals surface area contributed by atoms with Gasteiger partial charge in [-0.05, 0) is 25.5 Å². The first-order valence-corrected chi connectivity index (χ1v) is 6.62. The monoisotopic (exact) mass is 286 g/mol. The van der Waals surface area contributed by atoms with Gasteiger partial charge in [-0.15, -0.1) is 0 Å². The third-order valence-corrected chi connectivity index (χ3v) is 3.41. The number of aromatic amines is 2. The van der Waals surface area contributed by atoms with E-state index in [2.05, 4.69) is 20.5 Å². The second kappa shape index (κ2) is 5.05. The number of rotatable bonds is 3. The number of halogens is 1. The van der Waals surface area contributed by atoms with E-state index in [1.807, 2.05) is 19.9 Å². The molecule has 0 saturated heterocycles. The Bertz CT molecular complexity index is 818. The summed E-state index contributed by atoms with van der Waals surface area (Å²) in [6, 6.07) is 6.60. The molecule has 0 atom stereocenters. The summed E-state index contributed by atoms with van der Waals surface area (Å²) in [5.41, 5.74) is 2.90. The van der Waals surface area contributed by atoms with Crippen LogP contribution < -0.4 is 5.32 Å². The zero-order valence-electron chi connectivity index (χ0n) is 11.7. The van der Waals surface area contributed by atoms with E-state index in [1.165, 1.54) is 6.07 Å². The molecule has 1 aromatic carbocycles. The lowest BCUT2D eigenvalue weighted by Gasteiger charge is -2.02. The van der Waals surface area contributed by atoms with Crippen molar-refractivity contribution in [3.63, 3.8) is 0 Å². The molecule has 21 heavy (non-hydrogen) atoms. The molecule has 0 bridgehead atoms. The number of aromatic nitrogens is 3. The summed E-state index contributed by atoms with van der Waals surface area (Å²) in [7, 11) is 0. The van der Waals surface area contributed by atoms with Gasteiger partial charge in [0.1, 0.15) is 5.82 Å². The summed E-state index contributed by atoms with van der Waals surface area (Å²) >= 11 is 0. The summed E-state index contributed by atoms with van der Waals surface area (Å²) in [4.78, 5) is 15.1. The molecule has 0 aliphatic carbocycles. The van der Waals surface area contributed by atoms with Gasteiger partial charge in [0.05, 0.1) is 11.9 Å². The van der Waals surface area contributed by atoms with Crippen LogP contribution in [0.25, 0.3) is 10.9 Å². The zero-order valence-corrected chi connectivity index (χ0v) is 11.7. The van der Waals surface area contributed by atoms with E-state index in [0.717, 1.165) is 22.3 Å². The van der Waals surface area contributed by atoms with Gasteiger partial charge in [0.2, 0.25) is 5.91 Å². The Morgan fingerprint density at radius 1 is 1.38 bits per heavy atom. The standard InChI is InChI=1S/C15H15FN4O/c1-8-6-13(20-19-8)18-14(21)7-11-9(2)17-15-10(11)4-3-5-12(15)16/h3-6,17H,7H2,1-2H3,(H2,18,19,20,21). The topological polar surface area (TPSA) is 73.6 Å². The average Bonchev–Trinajstić information content (AvgIpc) is 2.96. The van der Waals surface area contributed by atoms with Crippen LogP contribution in [0.5, 0.6) is 0 Å². The predicted octanol–water partition coefficient (Wildman–Crippen LogP) is 2.83. The Labute approximate surface area is 120 Å². The lowest BCUT2D eigenvalue weighted by Crippen LogP contribution is -2.15. The maximum absolute atomic E-state index is 13.7. The van der Waals surface area contributed by atoms with E-state index >= 15 is 0 Å². The molecule has 5 nitrogen and oxygen atoms in total. The molecule has 0 saturated carbocycles. The first-order chi connectivity index (χ1) is 10.0. The van der Waals surface area contributed by atoms with E-state index in [1.54, 1.807) is 12.1 Å². The van der Waals surface area contributed by atoms with Crippen LogP contribution in [0.3, 0.4) is 0 Å². The van der Waals surface area contributed by atoms with Crippen LogP contribution in [0.1, 0.15) is 17.0 Å². The van der Waals surface area contributed by atoms with Gasteiger partial charge in [-0.25, -0.2) is 4.39 Å². The molecular formula is C15H15FN4O. The van der Waals surface area contributed by atoms with Crippen molar-refractivity contribution >= 4 is 22.6 Å². The molecule has 0 spiro atoms. The fourth-order valence-corrected chi connectivity index (χ4v) is 2.43. The van der Waals surface area contributed by atoms with Crippen molar-refractivity contribution in [1.29, 1.82) is 0 Å². The summed E-state index contributed by atoms with van der Waals surface area (Å²) in [5.74, 6) is -0.0129. The van der Waals surface area contributed by atoms with Gasteiger partial charge in [0, 0.05) is 22.8 Å². The van der Waals surface area contributed by atoms with Crippen LogP contribution in [-0.2, 0) is 11.2 Å². The van der Waals surface area contributed by atoms with E-state index in [0.29, 0.717) is 11.3 Å². The van der Waals surface area contributed by atoms with Gasteiger partial charge in [0.15, 0.2) is 5.82 Å². The Hall–Kier alpha value is -2.63. The number of anilines is 1. The number of hydrogen-bond acceptors (Lipinski definition) is 2. The number of hydrogen-bond donors (Lipinski definition) is 3. The first-order valence-electron chi connectivity index (χ1n) is 6.62. The lowest BCUT2D eigenvalue weighted by atomic mass is 10.1. The maximum atomic E-state index is 13.7. The van der Waals surface area contributed by atoms with Crippen molar-refractivity contribution < 1.29 is 9.18 Å². The minimum Gasteiger partial charge on any atom is -0.356 e. The molecule has 3 rings (SSSR count). The van der Waals surface area contributed by atoms with Crippen LogP contribution >= 0.6 is 0 Å². The number of carbonyl (C=O) groups excluding carboxylic acids is 1. The molecular weight excluding hydrogens is 271 g/mol. The van der Waals surface area contributed by atoms with Gasteiger partial charge in [0.25, 0.3) is 0 Å². The van der Waals surface area contributed by atoms with Crippen molar-refractivity contribution in [2.24, 2.45) is 0 Å². The minimum atomic E-state index is -0.315. The third kappa shape index (κ3) is 2.52. The second-order valence-corrected chi connectivity index (χ2v) is 5.05. The van der Waals surface area contributed by atoms with Crippen molar-refractivity contribution in [3.8, 4) is 0 Å². The van der Waals surface area contributed by atoms with E-state index in [9.17, 15) is 9.18 Å². The molecule has 6 heteroatoms. The summed E-state index contributed by atoms with van der Waals surface area (Å²) in [6.07, 6.45) is 0.168. The number of benzene rings is 1. The third-order valence-electron chi connectivity index (χ3n) is 3.41. The molecule has 0 aliphatic rings. The fraction of sp³-hybridized carbons (Fsp3) is 0.200. The molecule has 1 amide bonds. The number of carbonyl (C=O) groups is 1. The van der Waals surface area contributed by atoms with Gasteiger partial charge in [-0.3, -0.25) is 9.89 Å². The van der Waals surface area contributed by atoms with Crippen LogP contribution in [0.15, 0.2) is 24.3 Å². The SMILES string of the molecule is Cc1cc(NC(=O)Cc2c(C)[nH]c3c(F)cccc23)n[nH]1. The van der Waals surface area contributed by atoms with Crippen LogP contribution in [-0.4, -0.2) is 21.1 Å². The van der Waals surface area contributed by atoms with Crippen LogP contribution in [0.2, 0.25) is 0 Å². The Morgan fingerprint density at radius 3 is 2.90 bits per heavy atom. The number of amides is 1. The number of fused-ring (bicyclic) bond motifs is 1. The van der Waals surface area contributed by atoms with E-state index < -0.39 is 0 Å². The number of aryl methyl sites for hydroxylation is 2. The van der Waals surface area contributed by atoms with Gasteiger partial charge in [-0.2, -0.15) is 5.10 Å². The van der Waals surface area contributed by atoms with Gasteiger partial charge in [-0.1, -0.05) is 12.1 Å². The quantitative estimate of drug-likeness (QED) is 0.692. The van der Waals surface area contributed by atoms with Crippen molar-refractivity contribution in [3.05, 3.63) is 47.0 Å². The largest absolute Gasteiger partial charge is 0.356 e. The summed E-state index contributed by atoms with van der Waals surface area (Å²) in [5, 5.41) is 10.2. The second-order valence-electron chi connectivity index (χ2n) is 5.05. The van der Waals surface area contributed by atoms with Crippen molar-refractivity contribution in [1.82, 2.24) is 15.2 Å². The molecule has 0 fully saturated rings. The highest BCUT2D eigenvalue weighted by molar-refractivity contribution is 5.96. The van der Waals surface area contributed by atoms with Gasteiger partial charge >= 0.3 is 0 Å². The normalized spacial score (nSPS) is 11.0. The Kier molecular flexibility index (Phi) is 3.21. The number of para-hydroxylation sites is 1.